The van der Waals surface area contributed by atoms with E-state index in [1.807, 2.05) is 0 Å². The second-order valence-electron chi connectivity index (χ2n) is 4.71. The predicted molar refractivity (Wildman–Crippen MR) is 82.5 cm³/mol. The second kappa shape index (κ2) is 7.29. The minimum absolute atomic E-state index is 0.328. The second-order valence-corrected chi connectivity index (χ2v) is 4.71. The molecule has 0 saturated heterocycles. The van der Waals surface area contributed by atoms with E-state index in [1.165, 1.54) is 24.3 Å². The summed E-state index contributed by atoms with van der Waals surface area (Å²) in [6, 6.07) is 10.9. The van der Waals surface area contributed by atoms with Crippen LogP contribution >= 0.6 is 0 Å². The van der Waals surface area contributed by atoms with Crippen molar-refractivity contribution in [2.24, 2.45) is 5.73 Å². The first-order chi connectivity index (χ1) is 11.0. The molecule has 0 aromatic heterocycles. The third-order valence-corrected chi connectivity index (χ3v) is 2.92. The summed E-state index contributed by atoms with van der Waals surface area (Å²) in [6.07, 6.45) is 0. The lowest BCUT2D eigenvalue weighted by molar-refractivity contribution is -0.0536. The average Bonchev–Trinajstić information content (AvgIpc) is 2.55. The molecular weight excluding hydrogens is 299 g/mol. The van der Waals surface area contributed by atoms with Crippen molar-refractivity contribution in [1.29, 1.82) is 0 Å². The minimum atomic E-state index is -0.963. The van der Waals surface area contributed by atoms with Gasteiger partial charge in [0.2, 0.25) is 0 Å². The number of ether oxygens (including phenoxy) is 1. The summed E-state index contributed by atoms with van der Waals surface area (Å²) in [5.41, 5.74) is 5.62. The Bertz CT molecular complexity index is 733. The van der Waals surface area contributed by atoms with Gasteiger partial charge in [-0.2, -0.15) is 5.06 Å². The van der Waals surface area contributed by atoms with E-state index < -0.39 is 12.1 Å². The Kier molecular flexibility index (Phi) is 5.18. The highest BCUT2D eigenvalue weighted by Gasteiger charge is 2.11. The fraction of sp³-hybridized carbons (Fsp3) is 0.118. The number of hydroxylamine groups is 2. The molecule has 0 radical (unpaired) electrons. The molecule has 0 heterocycles. The topological polar surface area (TPSA) is 75.8 Å². The number of nitrogens with two attached hydrogens (primary N) is 1. The van der Waals surface area contributed by atoms with Gasteiger partial charge in [0.05, 0.1) is 0 Å². The molecule has 0 saturated carbocycles. The smallest absolute Gasteiger partial charge is 0.339 e. The normalized spacial score (nSPS) is 11.1. The number of nitrogens with zero attached hydrogens (tertiary/aromatic N) is 1. The average molecular weight is 314 g/mol. The van der Waals surface area contributed by atoms with Gasteiger partial charge in [-0.15, -0.1) is 0 Å². The monoisotopic (exact) mass is 314 g/mol. The molecule has 3 N–H and O–H groups in total. The Morgan fingerprint density at radius 2 is 1.70 bits per heavy atom. The van der Waals surface area contributed by atoms with Crippen LogP contribution in [0.3, 0.4) is 0 Å². The molecule has 23 heavy (non-hydrogen) atoms. The number of benzene rings is 2. The van der Waals surface area contributed by atoms with Gasteiger partial charge in [-0.1, -0.05) is 11.8 Å². The van der Waals surface area contributed by atoms with Crippen LogP contribution in [0.2, 0.25) is 0 Å². The van der Waals surface area contributed by atoms with Crippen molar-refractivity contribution in [2.75, 3.05) is 0 Å². The summed E-state index contributed by atoms with van der Waals surface area (Å²) in [6.45, 7) is 1.55. The number of primary amides is 1. The molecule has 1 unspecified atom stereocenters. The molecular formula is C17H15FN2O3. The number of carbonyl (C=O) groups is 1. The van der Waals surface area contributed by atoms with Crippen molar-refractivity contribution in [3.05, 3.63) is 59.9 Å². The summed E-state index contributed by atoms with van der Waals surface area (Å²) in [5.74, 6) is 6.29. The molecule has 1 atom stereocenters. The van der Waals surface area contributed by atoms with Crippen LogP contribution in [-0.2, 0) is 0 Å². The highest BCUT2D eigenvalue weighted by molar-refractivity contribution is 5.71. The van der Waals surface area contributed by atoms with Gasteiger partial charge in [0, 0.05) is 5.56 Å². The van der Waals surface area contributed by atoms with Crippen LogP contribution in [0, 0.1) is 17.7 Å². The van der Waals surface area contributed by atoms with E-state index in [4.69, 9.17) is 10.5 Å². The molecule has 0 aliphatic rings. The van der Waals surface area contributed by atoms with Gasteiger partial charge < -0.3 is 10.5 Å². The Balaban J connectivity index is 2.02. The van der Waals surface area contributed by atoms with Gasteiger partial charge in [-0.3, -0.25) is 5.21 Å². The van der Waals surface area contributed by atoms with E-state index in [2.05, 4.69) is 11.8 Å². The van der Waals surface area contributed by atoms with Crippen LogP contribution in [0.5, 0.6) is 11.5 Å². The number of urea groups is 1. The Morgan fingerprint density at radius 1 is 1.17 bits per heavy atom. The standard InChI is InChI=1S/C17H15FN2O3/c1-12(20(22)17(19)21)2-3-13-4-8-15(9-5-13)23-16-10-6-14(18)7-11-16/h4-12,22H,1H3,(H2,19,21). The molecule has 5 nitrogen and oxygen atoms in total. The van der Waals surface area contributed by atoms with Crippen molar-refractivity contribution in [3.8, 4) is 23.3 Å². The molecule has 2 amide bonds. The van der Waals surface area contributed by atoms with Crippen LogP contribution in [0.25, 0.3) is 0 Å². The zero-order valence-electron chi connectivity index (χ0n) is 12.4. The van der Waals surface area contributed by atoms with E-state index in [0.717, 1.165) is 0 Å². The first-order valence-electron chi connectivity index (χ1n) is 6.78. The molecule has 2 aromatic rings. The van der Waals surface area contributed by atoms with Crippen LogP contribution < -0.4 is 10.5 Å². The maximum Gasteiger partial charge on any atom is 0.339 e. The Morgan fingerprint density at radius 3 is 2.22 bits per heavy atom. The molecule has 0 fully saturated rings. The van der Waals surface area contributed by atoms with E-state index in [0.29, 0.717) is 22.1 Å². The number of amides is 2. The highest BCUT2D eigenvalue weighted by atomic mass is 19.1. The molecule has 0 bridgehead atoms. The van der Waals surface area contributed by atoms with Crippen LogP contribution in [-0.4, -0.2) is 22.3 Å². The maximum absolute atomic E-state index is 12.8. The molecule has 118 valence electrons. The molecule has 0 aliphatic heterocycles. The van der Waals surface area contributed by atoms with Gasteiger partial charge >= 0.3 is 6.03 Å². The molecule has 0 aliphatic carbocycles. The molecule has 2 aromatic carbocycles. The third kappa shape index (κ3) is 4.73. The number of hydrogen-bond acceptors (Lipinski definition) is 3. The molecule has 2 rings (SSSR count). The fourth-order valence-electron chi connectivity index (χ4n) is 1.68. The van der Waals surface area contributed by atoms with Gasteiger partial charge in [0.15, 0.2) is 0 Å². The lowest BCUT2D eigenvalue weighted by atomic mass is 10.2. The number of halogens is 1. The van der Waals surface area contributed by atoms with Crippen LogP contribution in [0.4, 0.5) is 9.18 Å². The fourth-order valence-corrected chi connectivity index (χ4v) is 1.68. The summed E-state index contributed by atoms with van der Waals surface area (Å²) in [4.78, 5) is 10.8. The molecule has 0 spiro atoms. The lowest BCUT2D eigenvalue weighted by Gasteiger charge is -2.14. The zero-order chi connectivity index (χ0) is 16.8. The quantitative estimate of drug-likeness (QED) is 0.519. The van der Waals surface area contributed by atoms with Crippen molar-refractivity contribution >= 4 is 6.03 Å². The maximum atomic E-state index is 12.8. The zero-order valence-corrected chi connectivity index (χ0v) is 12.4. The Labute approximate surface area is 133 Å². The summed E-state index contributed by atoms with van der Waals surface area (Å²) in [5, 5.41) is 9.67. The summed E-state index contributed by atoms with van der Waals surface area (Å²) < 4.78 is 18.4. The highest BCUT2D eigenvalue weighted by Crippen LogP contribution is 2.21. The van der Waals surface area contributed by atoms with Crippen LogP contribution in [0.15, 0.2) is 48.5 Å². The minimum Gasteiger partial charge on any atom is -0.457 e. The lowest BCUT2D eigenvalue weighted by Crippen LogP contribution is -2.38. The van der Waals surface area contributed by atoms with Gasteiger partial charge in [-0.05, 0) is 55.5 Å². The molecule has 6 heteroatoms. The largest absolute Gasteiger partial charge is 0.457 e. The van der Waals surface area contributed by atoms with Crippen molar-refractivity contribution in [2.45, 2.75) is 13.0 Å². The predicted octanol–water partition coefficient (Wildman–Crippen LogP) is 3.13. The number of rotatable bonds is 3. The van der Waals surface area contributed by atoms with E-state index in [9.17, 15) is 14.4 Å². The first-order valence-corrected chi connectivity index (χ1v) is 6.78. The van der Waals surface area contributed by atoms with E-state index in [1.54, 1.807) is 31.2 Å². The van der Waals surface area contributed by atoms with Crippen molar-refractivity contribution in [3.63, 3.8) is 0 Å². The number of hydrogen-bond donors (Lipinski definition) is 2. The first kappa shape index (κ1) is 16.3. The third-order valence-electron chi connectivity index (χ3n) is 2.92. The van der Waals surface area contributed by atoms with Gasteiger partial charge in [0.25, 0.3) is 0 Å². The van der Waals surface area contributed by atoms with Crippen molar-refractivity contribution < 1.29 is 19.1 Å². The van der Waals surface area contributed by atoms with E-state index >= 15 is 0 Å². The van der Waals surface area contributed by atoms with Gasteiger partial charge in [0.1, 0.15) is 23.4 Å². The Hall–Kier alpha value is -3.04. The van der Waals surface area contributed by atoms with Crippen LogP contribution in [0.1, 0.15) is 12.5 Å². The van der Waals surface area contributed by atoms with E-state index in [-0.39, 0.29) is 5.82 Å². The van der Waals surface area contributed by atoms with Crippen molar-refractivity contribution in [1.82, 2.24) is 5.06 Å². The number of carbonyl (C=O) groups excluding carboxylic acids is 1. The summed E-state index contributed by atoms with van der Waals surface area (Å²) >= 11 is 0. The summed E-state index contributed by atoms with van der Waals surface area (Å²) in [7, 11) is 0. The SMILES string of the molecule is CC(C#Cc1ccc(Oc2ccc(F)cc2)cc1)N(O)C(N)=O. The van der Waals surface area contributed by atoms with Gasteiger partial charge in [-0.25, -0.2) is 9.18 Å².